The van der Waals surface area contributed by atoms with Gasteiger partial charge in [0.1, 0.15) is 0 Å². The van der Waals surface area contributed by atoms with E-state index in [1.165, 1.54) is 18.5 Å². The first-order valence-electron chi connectivity index (χ1n) is 5.82. The average Bonchev–Trinajstić information content (AvgIpc) is 2.78. The van der Waals surface area contributed by atoms with Crippen molar-refractivity contribution >= 4 is 0 Å². The SMILES string of the molecule is Cc1ccc(Cn2ccc(C(O)C(F)(F)F)c2)cc1. The van der Waals surface area contributed by atoms with Crippen molar-refractivity contribution in [1.82, 2.24) is 4.57 Å². The Bertz CT molecular complexity index is 543. The summed E-state index contributed by atoms with van der Waals surface area (Å²) in [5.74, 6) is 0. The fourth-order valence-electron chi connectivity index (χ4n) is 1.81. The number of halogens is 3. The molecule has 0 spiro atoms. The Morgan fingerprint density at radius 3 is 2.37 bits per heavy atom. The van der Waals surface area contributed by atoms with Crippen molar-refractivity contribution in [3.05, 3.63) is 59.4 Å². The molecular weight excluding hydrogens is 255 g/mol. The van der Waals surface area contributed by atoms with Crippen molar-refractivity contribution in [2.24, 2.45) is 0 Å². The van der Waals surface area contributed by atoms with Crippen LogP contribution >= 0.6 is 0 Å². The number of aromatic nitrogens is 1. The zero-order chi connectivity index (χ0) is 14.0. The minimum Gasteiger partial charge on any atom is -0.379 e. The summed E-state index contributed by atoms with van der Waals surface area (Å²) in [5, 5.41) is 9.13. The smallest absolute Gasteiger partial charge is 0.379 e. The van der Waals surface area contributed by atoms with Crippen molar-refractivity contribution in [2.75, 3.05) is 0 Å². The molecule has 0 saturated carbocycles. The third-order valence-electron chi connectivity index (χ3n) is 2.88. The van der Waals surface area contributed by atoms with Crippen LogP contribution in [0.4, 0.5) is 13.2 Å². The van der Waals surface area contributed by atoms with Crippen LogP contribution < -0.4 is 0 Å². The molecule has 2 nitrogen and oxygen atoms in total. The fourth-order valence-corrected chi connectivity index (χ4v) is 1.81. The van der Waals surface area contributed by atoms with Gasteiger partial charge in [-0.25, -0.2) is 0 Å². The molecule has 1 heterocycles. The molecule has 1 N–H and O–H groups in total. The van der Waals surface area contributed by atoms with E-state index in [2.05, 4.69) is 0 Å². The number of hydrogen-bond acceptors (Lipinski definition) is 1. The third kappa shape index (κ3) is 3.38. The second kappa shape index (κ2) is 5.09. The summed E-state index contributed by atoms with van der Waals surface area (Å²) in [7, 11) is 0. The number of benzene rings is 1. The molecule has 5 heteroatoms. The quantitative estimate of drug-likeness (QED) is 0.907. The van der Waals surface area contributed by atoms with E-state index in [0.717, 1.165) is 11.1 Å². The molecule has 1 aromatic carbocycles. The molecular formula is C14H14F3NO. The predicted octanol–water partition coefficient (Wildman–Crippen LogP) is 3.44. The van der Waals surface area contributed by atoms with Gasteiger partial charge in [-0.05, 0) is 18.6 Å². The zero-order valence-corrected chi connectivity index (χ0v) is 10.4. The molecule has 2 aromatic rings. The van der Waals surface area contributed by atoms with Crippen LogP contribution in [0, 0.1) is 6.92 Å². The topological polar surface area (TPSA) is 25.2 Å². The fraction of sp³-hybridized carbons (Fsp3) is 0.286. The summed E-state index contributed by atoms with van der Waals surface area (Å²) in [6.45, 7) is 2.45. The number of rotatable bonds is 3. The second-order valence-corrected chi connectivity index (χ2v) is 4.55. The Kier molecular flexibility index (Phi) is 3.66. The van der Waals surface area contributed by atoms with Crippen LogP contribution in [0.3, 0.4) is 0 Å². The van der Waals surface area contributed by atoms with Crippen molar-refractivity contribution in [1.29, 1.82) is 0 Å². The summed E-state index contributed by atoms with van der Waals surface area (Å²) >= 11 is 0. The van der Waals surface area contributed by atoms with E-state index in [9.17, 15) is 13.2 Å². The van der Waals surface area contributed by atoms with Crippen molar-refractivity contribution in [3.63, 3.8) is 0 Å². The first-order chi connectivity index (χ1) is 8.86. The lowest BCUT2D eigenvalue weighted by Crippen LogP contribution is -2.19. The van der Waals surface area contributed by atoms with E-state index >= 15 is 0 Å². The van der Waals surface area contributed by atoms with E-state index in [-0.39, 0.29) is 5.56 Å². The van der Waals surface area contributed by atoms with Crippen molar-refractivity contribution < 1.29 is 18.3 Å². The molecule has 0 aliphatic carbocycles. The van der Waals surface area contributed by atoms with Gasteiger partial charge in [0.2, 0.25) is 0 Å². The lowest BCUT2D eigenvalue weighted by Gasteiger charge is -2.12. The summed E-state index contributed by atoms with van der Waals surface area (Å²) in [5.41, 5.74) is 1.98. The highest BCUT2D eigenvalue weighted by molar-refractivity contribution is 5.23. The van der Waals surface area contributed by atoms with Gasteiger partial charge in [-0.3, -0.25) is 0 Å². The van der Waals surface area contributed by atoms with Crippen LogP contribution in [-0.4, -0.2) is 15.8 Å². The van der Waals surface area contributed by atoms with E-state index < -0.39 is 12.3 Å². The molecule has 0 radical (unpaired) electrons. The minimum atomic E-state index is -4.63. The molecule has 0 amide bonds. The molecule has 1 aromatic heterocycles. The Balaban J connectivity index is 2.11. The van der Waals surface area contributed by atoms with Gasteiger partial charge in [-0.1, -0.05) is 29.8 Å². The van der Waals surface area contributed by atoms with Gasteiger partial charge in [0, 0.05) is 24.5 Å². The lowest BCUT2D eigenvalue weighted by molar-refractivity contribution is -0.206. The molecule has 1 atom stereocenters. The maximum absolute atomic E-state index is 12.4. The molecule has 0 saturated heterocycles. The standard InChI is InChI=1S/C14H14F3NO/c1-10-2-4-11(5-3-10)8-18-7-6-12(9-18)13(19)14(15,16)17/h2-7,9,13,19H,8H2,1H3. The van der Waals surface area contributed by atoms with Gasteiger partial charge < -0.3 is 9.67 Å². The van der Waals surface area contributed by atoms with Gasteiger partial charge in [0.15, 0.2) is 6.10 Å². The molecule has 1 unspecified atom stereocenters. The zero-order valence-electron chi connectivity index (χ0n) is 10.4. The Labute approximate surface area is 109 Å². The van der Waals surface area contributed by atoms with Crippen LogP contribution in [0.2, 0.25) is 0 Å². The summed E-state index contributed by atoms with van der Waals surface area (Å²) < 4.78 is 38.7. The van der Waals surface area contributed by atoms with Crippen LogP contribution in [0.15, 0.2) is 42.7 Å². The van der Waals surface area contributed by atoms with Crippen LogP contribution in [-0.2, 0) is 6.54 Å². The van der Waals surface area contributed by atoms with Gasteiger partial charge in [0.25, 0.3) is 0 Å². The van der Waals surface area contributed by atoms with Gasteiger partial charge in [-0.15, -0.1) is 0 Å². The Morgan fingerprint density at radius 2 is 1.79 bits per heavy atom. The van der Waals surface area contributed by atoms with Crippen LogP contribution in [0.25, 0.3) is 0 Å². The number of alkyl halides is 3. The van der Waals surface area contributed by atoms with Crippen molar-refractivity contribution in [2.45, 2.75) is 25.7 Å². The molecule has 0 aliphatic heterocycles. The third-order valence-corrected chi connectivity index (χ3v) is 2.88. The maximum atomic E-state index is 12.4. The number of hydrogen-bond donors (Lipinski definition) is 1. The highest BCUT2D eigenvalue weighted by Crippen LogP contribution is 2.32. The number of nitrogens with zero attached hydrogens (tertiary/aromatic N) is 1. The normalized spacial score (nSPS) is 13.5. The largest absolute Gasteiger partial charge is 0.418 e. The maximum Gasteiger partial charge on any atom is 0.418 e. The number of aliphatic hydroxyl groups excluding tert-OH is 1. The van der Waals surface area contributed by atoms with Gasteiger partial charge in [-0.2, -0.15) is 13.2 Å². The molecule has 0 bridgehead atoms. The van der Waals surface area contributed by atoms with E-state index in [0.29, 0.717) is 6.54 Å². The average molecular weight is 269 g/mol. The predicted molar refractivity (Wildman–Crippen MR) is 65.7 cm³/mol. The lowest BCUT2D eigenvalue weighted by atomic mass is 10.1. The highest BCUT2D eigenvalue weighted by Gasteiger charge is 2.39. The molecule has 0 aliphatic rings. The molecule has 0 fully saturated rings. The van der Waals surface area contributed by atoms with Gasteiger partial charge in [0.05, 0.1) is 0 Å². The van der Waals surface area contributed by atoms with E-state index in [1.54, 1.807) is 4.57 Å². The summed E-state index contributed by atoms with van der Waals surface area (Å²) in [6.07, 6.45) is -4.20. The monoisotopic (exact) mass is 269 g/mol. The van der Waals surface area contributed by atoms with E-state index in [4.69, 9.17) is 5.11 Å². The molecule has 2 rings (SSSR count). The summed E-state index contributed by atoms with van der Waals surface area (Å²) in [6, 6.07) is 9.03. The molecule has 19 heavy (non-hydrogen) atoms. The van der Waals surface area contributed by atoms with Gasteiger partial charge >= 0.3 is 6.18 Å². The first kappa shape index (κ1) is 13.7. The van der Waals surface area contributed by atoms with Crippen LogP contribution in [0.1, 0.15) is 22.8 Å². The first-order valence-corrected chi connectivity index (χ1v) is 5.82. The van der Waals surface area contributed by atoms with Crippen molar-refractivity contribution in [3.8, 4) is 0 Å². The number of aryl methyl sites for hydroxylation is 1. The number of aliphatic hydroxyl groups is 1. The second-order valence-electron chi connectivity index (χ2n) is 4.55. The van der Waals surface area contributed by atoms with Crippen LogP contribution in [0.5, 0.6) is 0 Å². The Morgan fingerprint density at radius 1 is 1.16 bits per heavy atom. The van der Waals surface area contributed by atoms with E-state index in [1.807, 2.05) is 31.2 Å². The summed E-state index contributed by atoms with van der Waals surface area (Å²) in [4.78, 5) is 0. The Hall–Kier alpha value is -1.75. The highest BCUT2D eigenvalue weighted by atomic mass is 19.4. The molecule has 102 valence electrons. The minimum absolute atomic E-state index is 0.139.